The van der Waals surface area contributed by atoms with E-state index < -0.39 is 0 Å². The fourth-order valence-corrected chi connectivity index (χ4v) is 2.18. The summed E-state index contributed by atoms with van der Waals surface area (Å²) >= 11 is 0. The Bertz CT molecular complexity index is 369. The average molecular weight is 196 g/mol. The molecule has 2 heteroatoms. The quantitative estimate of drug-likeness (QED) is 0.596. The monoisotopic (exact) mass is 196 g/mol. The number of rotatable bonds is 0. The van der Waals surface area contributed by atoms with Crippen molar-refractivity contribution in [3.63, 3.8) is 0 Å². The molecule has 0 heterocycles. The highest BCUT2D eigenvalue weighted by Gasteiger charge is 2.22. The molecule has 0 aliphatic heterocycles. The molecule has 0 saturated heterocycles. The van der Waals surface area contributed by atoms with Gasteiger partial charge in [0.1, 0.15) is 11.6 Å². The van der Waals surface area contributed by atoms with Gasteiger partial charge in [-0.3, -0.25) is 0 Å². The van der Waals surface area contributed by atoms with E-state index in [1.54, 1.807) is 6.92 Å². The van der Waals surface area contributed by atoms with Gasteiger partial charge in [-0.05, 0) is 54.9 Å². The summed E-state index contributed by atoms with van der Waals surface area (Å²) in [6.07, 6.45) is 2.33. The van der Waals surface area contributed by atoms with Gasteiger partial charge in [0.2, 0.25) is 0 Å². The van der Waals surface area contributed by atoms with E-state index in [9.17, 15) is 8.78 Å². The largest absolute Gasteiger partial charge is 0.207 e. The van der Waals surface area contributed by atoms with E-state index in [-0.39, 0.29) is 11.6 Å². The number of hydrogen-bond donors (Lipinski definition) is 0. The molecule has 1 unspecified atom stereocenters. The summed E-state index contributed by atoms with van der Waals surface area (Å²) in [7, 11) is 0. The maximum Gasteiger partial charge on any atom is 0.129 e. The summed E-state index contributed by atoms with van der Waals surface area (Å²) < 4.78 is 27.1. The first-order valence-electron chi connectivity index (χ1n) is 5.06. The van der Waals surface area contributed by atoms with E-state index in [2.05, 4.69) is 6.92 Å². The zero-order chi connectivity index (χ0) is 10.3. The molecular weight excluding hydrogens is 182 g/mol. The molecule has 0 aromatic heterocycles. The highest BCUT2D eigenvalue weighted by Crippen LogP contribution is 2.30. The highest BCUT2D eigenvalue weighted by atomic mass is 19.1. The van der Waals surface area contributed by atoms with Crippen molar-refractivity contribution in [3.8, 4) is 0 Å². The van der Waals surface area contributed by atoms with Crippen LogP contribution in [0.4, 0.5) is 8.78 Å². The molecule has 0 bridgehead atoms. The molecule has 0 saturated carbocycles. The molecule has 0 spiro atoms. The van der Waals surface area contributed by atoms with Crippen LogP contribution in [0.15, 0.2) is 6.07 Å². The standard InChI is InChI=1S/C12H14F2/c1-7-3-4-9-10(5-7)11(13)6-8(2)12(9)14/h6-7H,3-5H2,1-2H3. The lowest BCUT2D eigenvalue weighted by atomic mass is 9.83. The first-order valence-corrected chi connectivity index (χ1v) is 5.06. The van der Waals surface area contributed by atoms with Gasteiger partial charge >= 0.3 is 0 Å². The Labute approximate surface area is 82.9 Å². The topological polar surface area (TPSA) is 0 Å². The van der Waals surface area contributed by atoms with Gasteiger partial charge in [-0.25, -0.2) is 8.78 Å². The molecule has 14 heavy (non-hydrogen) atoms. The third kappa shape index (κ3) is 1.43. The Kier molecular flexibility index (Phi) is 2.30. The van der Waals surface area contributed by atoms with Crippen LogP contribution in [0.5, 0.6) is 0 Å². The van der Waals surface area contributed by atoms with Crippen molar-refractivity contribution in [1.82, 2.24) is 0 Å². The Morgan fingerprint density at radius 3 is 2.71 bits per heavy atom. The summed E-state index contributed by atoms with van der Waals surface area (Å²) in [5.41, 5.74) is 1.64. The van der Waals surface area contributed by atoms with E-state index in [0.29, 0.717) is 35.4 Å². The van der Waals surface area contributed by atoms with Crippen molar-refractivity contribution in [3.05, 3.63) is 34.4 Å². The molecule has 1 atom stereocenters. The third-order valence-electron chi connectivity index (χ3n) is 3.05. The van der Waals surface area contributed by atoms with Crippen LogP contribution in [0.3, 0.4) is 0 Å². The van der Waals surface area contributed by atoms with E-state index in [1.807, 2.05) is 0 Å². The van der Waals surface area contributed by atoms with Gasteiger partial charge in [-0.1, -0.05) is 6.92 Å². The Morgan fingerprint density at radius 1 is 1.29 bits per heavy atom. The Hall–Kier alpha value is -0.920. The van der Waals surface area contributed by atoms with Crippen LogP contribution in [0.25, 0.3) is 0 Å². The summed E-state index contributed by atoms with van der Waals surface area (Å²) in [4.78, 5) is 0. The van der Waals surface area contributed by atoms with E-state index in [4.69, 9.17) is 0 Å². The Balaban J connectivity index is 2.57. The molecule has 0 amide bonds. The minimum atomic E-state index is -0.231. The fraction of sp³-hybridized carbons (Fsp3) is 0.500. The van der Waals surface area contributed by atoms with Gasteiger partial charge in [0.25, 0.3) is 0 Å². The van der Waals surface area contributed by atoms with Crippen LogP contribution in [0.2, 0.25) is 0 Å². The van der Waals surface area contributed by atoms with Gasteiger partial charge in [-0.2, -0.15) is 0 Å². The molecule has 1 aromatic rings. The van der Waals surface area contributed by atoms with E-state index in [1.165, 1.54) is 6.07 Å². The van der Waals surface area contributed by atoms with Crippen molar-refractivity contribution in [2.24, 2.45) is 5.92 Å². The molecule has 0 nitrogen and oxygen atoms in total. The van der Waals surface area contributed by atoms with Crippen molar-refractivity contribution in [2.75, 3.05) is 0 Å². The zero-order valence-corrected chi connectivity index (χ0v) is 8.53. The first kappa shape index (κ1) is 9.63. The second kappa shape index (κ2) is 3.34. The summed E-state index contributed by atoms with van der Waals surface area (Å²) in [6.45, 7) is 3.71. The molecular formula is C12H14F2. The highest BCUT2D eigenvalue weighted by molar-refractivity contribution is 5.36. The van der Waals surface area contributed by atoms with Crippen LogP contribution < -0.4 is 0 Å². The molecule has 76 valence electrons. The molecule has 2 rings (SSSR count). The second-order valence-corrected chi connectivity index (χ2v) is 4.29. The van der Waals surface area contributed by atoms with Gasteiger partial charge in [0, 0.05) is 0 Å². The van der Waals surface area contributed by atoms with Crippen molar-refractivity contribution in [2.45, 2.75) is 33.1 Å². The summed E-state index contributed by atoms with van der Waals surface area (Å²) in [5.74, 6) is 0.0397. The van der Waals surface area contributed by atoms with E-state index in [0.717, 1.165) is 6.42 Å². The molecule has 1 aliphatic carbocycles. The lowest BCUT2D eigenvalue weighted by molar-refractivity contribution is 0.458. The van der Waals surface area contributed by atoms with Crippen LogP contribution >= 0.6 is 0 Å². The first-order chi connectivity index (χ1) is 6.59. The summed E-state index contributed by atoms with van der Waals surface area (Å²) in [6, 6.07) is 1.31. The molecule has 1 aromatic carbocycles. The second-order valence-electron chi connectivity index (χ2n) is 4.29. The molecule has 0 N–H and O–H groups in total. The minimum Gasteiger partial charge on any atom is -0.207 e. The number of halogens is 2. The normalized spacial score (nSPS) is 20.7. The number of hydrogen-bond acceptors (Lipinski definition) is 0. The summed E-state index contributed by atoms with van der Waals surface area (Å²) in [5, 5.41) is 0. The predicted octanol–water partition coefficient (Wildman–Crippen LogP) is 3.40. The van der Waals surface area contributed by atoms with Crippen LogP contribution in [-0.4, -0.2) is 0 Å². The SMILES string of the molecule is Cc1cc(F)c2c(c1F)CCC(C)C2. The zero-order valence-electron chi connectivity index (χ0n) is 8.53. The van der Waals surface area contributed by atoms with Gasteiger partial charge in [-0.15, -0.1) is 0 Å². The van der Waals surface area contributed by atoms with Crippen molar-refractivity contribution in [1.29, 1.82) is 0 Å². The average Bonchev–Trinajstić information content (AvgIpc) is 2.14. The predicted molar refractivity (Wildman–Crippen MR) is 52.3 cm³/mol. The smallest absolute Gasteiger partial charge is 0.129 e. The minimum absolute atomic E-state index is 0.201. The fourth-order valence-electron chi connectivity index (χ4n) is 2.18. The van der Waals surface area contributed by atoms with Crippen molar-refractivity contribution < 1.29 is 8.78 Å². The van der Waals surface area contributed by atoms with Crippen molar-refractivity contribution >= 4 is 0 Å². The molecule has 1 aliphatic rings. The Morgan fingerprint density at radius 2 is 2.00 bits per heavy atom. The van der Waals surface area contributed by atoms with Gasteiger partial charge < -0.3 is 0 Å². The van der Waals surface area contributed by atoms with Crippen LogP contribution in [0, 0.1) is 24.5 Å². The maximum absolute atomic E-state index is 13.6. The van der Waals surface area contributed by atoms with Crippen LogP contribution in [0.1, 0.15) is 30.0 Å². The van der Waals surface area contributed by atoms with E-state index >= 15 is 0 Å². The van der Waals surface area contributed by atoms with Gasteiger partial charge in [0.05, 0.1) is 0 Å². The number of fused-ring (bicyclic) bond motifs is 1. The maximum atomic E-state index is 13.6. The van der Waals surface area contributed by atoms with Crippen LogP contribution in [-0.2, 0) is 12.8 Å². The lowest BCUT2D eigenvalue weighted by Gasteiger charge is -2.23. The number of benzene rings is 1. The van der Waals surface area contributed by atoms with Gasteiger partial charge in [0.15, 0.2) is 0 Å². The molecule has 0 fully saturated rings. The number of aryl methyl sites for hydroxylation is 1. The lowest BCUT2D eigenvalue weighted by Crippen LogP contribution is -2.15. The third-order valence-corrected chi connectivity index (χ3v) is 3.05. The molecule has 0 radical (unpaired) electrons.